The first-order valence-corrected chi connectivity index (χ1v) is 14.1. The highest BCUT2D eigenvalue weighted by Crippen LogP contribution is 2.60. The SMILES string of the molecule is CC(C)(C(=O)NC1[C@@H]2CC3C[C@H]1CC(C(N)=O)(C3)C2)N1CC2CC(CN(c3ccc(Br)cn3)C2)C1. The van der Waals surface area contributed by atoms with Crippen LogP contribution in [-0.4, -0.2) is 59.5 Å². The van der Waals surface area contributed by atoms with Crippen LogP contribution in [0.2, 0.25) is 0 Å². The fraction of sp³-hybridized carbons (Fsp3) is 0.741. The molecular weight excluding hydrogens is 506 g/mol. The molecule has 1 aromatic heterocycles. The number of pyridine rings is 1. The number of nitrogens with zero attached hydrogens (tertiary/aromatic N) is 3. The number of carbonyl (C=O) groups is 2. The van der Waals surface area contributed by atoms with Gasteiger partial charge in [-0.25, -0.2) is 4.98 Å². The third-order valence-corrected chi connectivity index (χ3v) is 10.5. The number of anilines is 1. The molecule has 7 rings (SSSR count). The lowest BCUT2D eigenvalue weighted by Gasteiger charge is -2.59. The van der Waals surface area contributed by atoms with E-state index >= 15 is 0 Å². The lowest BCUT2D eigenvalue weighted by molar-refractivity contribution is -0.150. The van der Waals surface area contributed by atoms with Crippen LogP contribution in [0.3, 0.4) is 0 Å². The maximum Gasteiger partial charge on any atom is 0.240 e. The quantitative estimate of drug-likeness (QED) is 0.595. The van der Waals surface area contributed by atoms with Crippen LogP contribution in [0.4, 0.5) is 5.82 Å². The Morgan fingerprint density at radius 1 is 1.03 bits per heavy atom. The van der Waals surface area contributed by atoms with Gasteiger partial charge in [0, 0.05) is 48.3 Å². The molecule has 6 aliphatic rings. The van der Waals surface area contributed by atoms with Crippen LogP contribution in [0.1, 0.15) is 52.4 Å². The van der Waals surface area contributed by atoms with Gasteiger partial charge in [-0.2, -0.15) is 0 Å². The van der Waals surface area contributed by atoms with Crippen molar-refractivity contribution in [2.24, 2.45) is 40.7 Å². The molecule has 0 radical (unpaired) electrons. The molecule has 4 aliphatic carbocycles. The summed E-state index contributed by atoms with van der Waals surface area (Å²) in [6.07, 6.45) is 8.03. The van der Waals surface area contributed by atoms with Crippen molar-refractivity contribution in [3.63, 3.8) is 0 Å². The summed E-state index contributed by atoms with van der Waals surface area (Å²) in [4.78, 5) is 35.5. The third-order valence-electron chi connectivity index (χ3n) is 10.1. The fourth-order valence-electron chi connectivity index (χ4n) is 8.51. The monoisotopic (exact) mass is 543 g/mol. The maximum atomic E-state index is 13.7. The summed E-state index contributed by atoms with van der Waals surface area (Å²) in [5.41, 5.74) is 5.00. The molecule has 2 aliphatic heterocycles. The van der Waals surface area contributed by atoms with Gasteiger partial charge in [0.05, 0.1) is 5.54 Å². The zero-order chi connectivity index (χ0) is 24.5. The molecule has 2 saturated heterocycles. The number of halogens is 1. The van der Waals surface area contributed by atoms with Crippen LogP contribution in [-0.2, 0) is 9.59 Å². The maximum absolute atomic E-state index is 13.7. The van der Waals surface area contributed by atoms with E-state index in [1.54, 1.807) is 0 Å². The van der Waals surface area contributed by atoms with Crippen LogP contribution in [0.5, 0.6) is 0 Å². The van der Waals surface area contributed by atoms with Crippen molar-refractivity contribution in [2.45, 2.75) is 64.0 Å². The van der Waals surface area contributed by atoms with E-state index in [0.29, 0.717) is 29.6 Å². The molecule has 8 heteroatoms. The van der Waals surface area contributed by atoms with Crippen LogP contribution >= 0.6 is 15.9 Å². The molecule has 3 heterocycles. The van der Waals surface area contributed by atoms with E-state index in [1.807, 2.05) is 6.20 Å². The number of primary amides is 1. The lowest BCUT2D eigenvalue weighted by atomic mass is 9.47. The molecule has 2 amide bonds. The van der Waals surface area contributed by atoms with Crippen molar-refractivity contribution in [1.29, 1.82) is 0 Å². The number of aromatic nitrogens is 1. The van der Waals surface area contributed by atoms with Gasteiger partial charge >= 0.3 is 0 Å². The molecule has 4 saturated carbocycles. The Labute approximate surface area is 216 Å². The van der Waals surface area contributed by atoms with Crippen molar-refractivity contribution >= 4 is 33.6 Å². The Hall–Kier alpha value is -1.67. The van der Waals surface area contributed by atoms with E-state index in [0.717, 1.165) is 68.6 Å². The Morgan fingerprint density at radius 2 is 1.69 bits per heavy atom. The molecule has 6 fully saturated rings. The summed E-state index contributed by atoms with van der Waals surface area (Å²) in [6.45, 7) is 8.05. The summed E-state index contributed by atoms with van der Waals surface area (Å²) in [5.74, 6) is 3.54. The second-order valence-corrected chi connectivity index (χ2v) is 13.7. The van der Waals surface area contributed by atoms with Gasteiger partial charge in [-0.3, -0.25) is 14.5 Å². The number of piperidine rings is 2. The van der Waals surface area contributed by atoms with E-state index < -0.39 is 5.54 Å². The molecule has 0 spiro atoms. The van der Waals surface area contributed by atoms with Crippen molar-refractivity contribution in [1.82, 2.24) is 15.2 Å². The molecule has 3 N–H and O–H groups in total. The van der Waals surface area contributed by atoms with E-state index in [9.17, 15) is 9.59 Å². The second-order valence-electron chi connectivity index (χ2n) is 12.8. The minimum absolute atomic E-state index is 0.116. The van der Waals surface area contributed by atoms with E-state index in [4.69, 9.17) is 5.73 Å². The number of nitrogens with one attached hydrogen (secondary N) is 1. The first kappa shape index (κ1) is 23.7. The van der Waals surface area contributed by atoms with Gasteiger partial charge in [-0.15, -0.1) is 0 Å². The summed E-state index contributed by atoms with van der Waals surface area (Å²) >= 11 is 3.48. The Morgan fingerprint density at radius 3 is 2.26 bits per heavy atom. The number of rotatable bonds is 5. The van der Waals surface area contributed by atoms with Crippen LogP contribution in [0.25, 0.3) is 0 Å². The highest BCUT2D eigenvalue weighted by Gasteiger charge is 2.58. The van der Waals surface area contributed by atoms with Gasteiger partial charge in [-0.05, 0) is 110 Å². The lowest BCUT2D eigenvalue weighted by Crippen LogP contribution is -2.67. The van der Waals surface area contributed by atoms with Gasteiger partial charge in [0.2, 0.25) is 11.8 Å². The zero-order valence-electron chi connectivity index (χ0n) is 20.9. The van der Waals surface area contributed by atoms with Crippen molar-refractivity contribution in [3.8, 4) is 0 Å². The van der Waals surface area contributed by atoms with E-state index in [2.05, 4.69) is 62.0 Å². The van der Waals surface area contributed by atoms with E-state index in [-0.39, 0.29) is 23.3 Å². The number of fused-ring (bicyclic) bond motifs is 2. The van der Waals surface area contributed by atoms with Gasteiger partial charge in [0.15, 0.2) is 0 Å². The van der Waals surface area contributed by atoms with Crippen molar-refractivity contribution < 1.29 is 9.59 Å². The molecular formula is C27H38BrN5O2. The smallest absolute Gasteiger partial charge is 0.240 e. The van der Waals surface area contributed by atoms with Crippen molar-refractivity contribution in [3.05, 3.63) is 22.8 Å². The summed E-state index contributed by atoms with van der Waals surface area (Å²) < 4.78 is 1.00. The Balaban J connectivity index is 1.11. The number of hydrogen-bond acceptors (Lipinski definition) is 5. The number of amides is 2. The molecule has 5 unspecified atom stereocenters. The Kier molecular flexibility index (Phi) is 5.72. The summed E-state index contributed by atoms with van der Waals surface area (Å²) in [6, 6.07) is 4.34. The minimum atomic E-state index is -0.551. The van der Waals surface area contributed by atoms with Gasteiger partial charge < -0.3 is 16.0 Å². The number of likely N-dealkylation sites (tertiary alicyclic amines) is 1. The summed E-state index contributed by atoms with van der Waals surface area (Å²) in [7, 11) is 0. The van der Waals surface area contributed by atoms with Gasteiger partial charge in [0.25, 0.3) is 0 Å². The highest BCUT2D eigenvalue weighted by molar-refractivity contribution is 9.10. The van der Waals surface area contributed by atoms with Gasteiger partial charge in [-0.1, -0.05) is 0 Å². The number of carbonyl (C=O) groups excluding carboxylic acids is 2. The average Bonchev–Trinajstić information content (AvgIpc) is 2.80. The Bertz CT molecular complexity index is 983. The predicted octanol–water partition coefficient (Wildman–Crippen LogP) is 3.18. The highest BCUT2D eigenvalue weighted by atomic mass is 79.9. The first-order valence-electron chi connectivity index (χ1n) is 13.4. The molecule has 190 valence electrons. The zero-order valence-corrected chi connectivity index (χ0v) is 22.5. The number of hydrogen-bond donors (Lipinski definition) is 2. The van der Waals surface area contributed by atoms with Gasteiger partial charge in [0.1, 0.15) is 5.82 Å². The van der Waals surface area contributed by atoms with Crippen LogP contribution < -0.4 is 16.0 Å². The molecule has 0 aromatic carbocycles. The molecule has 6 bridgehead atoms. The molecule has 7 nitrogen and oxygen atoms in total. The fourth-order valence-corrected chi connectivity index (χ4v) is 8.75. The summed E-state index contributed by atoms with van der Waals surface area (Å²) in [5, 5.41) is 3.50. The third kappa shape index (κ3) is 4.08. The molecule has 35 heavy (non-hydrogen) atoms. The second kappa shape index (κ2) is 8.44. The normalized spacial score (nSPS) is 38.4. The first-order chi connectivity index (χ1) is 16.6. The van der Waals surface area contributed by atoms with E-state index in [1.165, 1.54) is 6.42 Å². The topological polar surface area (TPSA) is 91.6 Å². The number of nitrogens with two attached hydrogens (primary N) is 1. The minimum Gasteiger partial charge on any atom is -0.369 e. The molecule has 7 atom stereocenters. The van der Waals surface area contributed by atoms with Crippen LogP contribution in [0.15, 0.2) is 22.8 Å². The van der Waals surface area contributed by atoms with Crippen molar-refractivity contribution in [2.75, 3.05) is 31.1 Å². The average molecular weight is 545 g/mol. The standard InChI is InChI=1S/C27H38BrN5O2/c1-26(2,25(35)31-23-19-6-16-7-20(23)10-27(8-16,9-19)24(29)34)33-14-17-5-18(15-33)13-32(12-17)22-4-3-21(28)11-30-22/h3-4,11,16-20,23H,5-10,12-15H2,1-2H3,(H2,29,34)(H,31,35)/t16?,17?,18?,19-,20+,23?,27?. The van der Waals surface area contributed by atoms with Crippen LogP contribution in [0, 0.1) is 35.0 Å². The predicted molar refractivity (Wildman–Crippen MR) is 139 cm³/mol. The molecule has 1 aromatic rings. The largest absolute Gasteiger partial charge is 0.369 e.